The number of alkyl halides is 2. The van der Waals surface area contributed by atoms with Gasteiger partial charge >= 0.3 is 0 Å². The number of nitrogens with zero attached hydrogens (tertiary/aromatic N) is 4. The second kappa shape index (κ2) is 9.04. The van der Waals surface area contributed by atoms with Crippen LogP contribution in [0.15, 0.2) is 48.5 Å². The Balaban J connectivity index is 1.60. The number of nitro groups is 2. The smallest absolute Gasteiger partial charge is 0.272 e. The van der Waals surface area contributed by atoms with Gasteiger partial charge in [0.15, 0.2) is 0 Å². The molecule has 0 unspecified atom stereocenters. The maximum absolute atomic E-state index is 13.7. The van der Waals surface area contributed by atoms with Gasteiger partial charge in [0.2, 0.25) is 0 Å². The number of nitro benzene ring substituents is 2. The standard InChI is InChI=1S/C23H18Br2N4O7/c24-19-13-9-14(20(19)25)18-17(13)22(31)27(23(18)32)26(10-11-5-1-3-7-15(11)28(33)34)21(30)12-6-2-4-8-16(12)29(35)36/h1-8,13-14,17-20H,9-10H2/t13-,14-,17-,18+,19+,20+/m1/s1. The Morgan fingerprint density at radius 1 is 0.889 bits per heavy atom. The average Bonchev–Trinajstić information content (AvgIpc) is 3.47. The summed E-state index contributed by atoms with van der Waals surface area (Å²) in [5.41, 5.74) is -1.07. The second-order valence-corrected chi connectivity index (χ2v) is 11.1. The van der Waals surface area contributed by atoms with E-state index in [2.05, 4.69) is 31.9 Å². The zero-order chi connectivity index (χ0) is 25.9. The molecule has 1 aliphatic heterocycles. The van der Waals surface area contributed by atoms with Gasteiger partial charge in [-0.05, 0) is 24.3 Å². The number of hydrogen-bond donors (Lipinski definition) is 0. The van der Waals surface area contributed by atoms with Gasteiger partial charge in [-0.25, -0.2) is 5.01 Å². The minimum Gasteiger partial charge on any atom is -0.272 e. The highest BCUT2D eigenvalue weighted by atomic mass is 79.9. The van der Waals surface area contributed by atoms with E-state index in [4.69, 9.17) is 0 Å². The number of hydrazine groups is 1. The molecular weight excluding hydrogens is 604 g/mol. The number of fused-ring (bicyclic) bond motifs is 5. The number of carbonyl (C=O) groups excluding carboxylic acids is 3. The predicted molar refractivity (Wildman–Crippen MR) is 132 cm³/mol. The first-order chi connectivity index (χ1) is 17.1. The van der Waals surface area contributed by atoms with E-state index >= 15 is 0 Å². The van der Waals surface area contributed by atoms with Crippen molar-refractivity contribution < 1.29 is 24.2 Å². The van der Waals surface area contributed by atoms with Crippen molar-refractivity contribution >= 4 is 61.0 Å². The lowest BCUT2D eigenvalue weighted by atomic mass is 9.81. The van der Waals surface area contributed by atoms with Crippen molar-refractivity contribution in [2.45, 2.75) is 22.6 Å². The molecule has 0 N–H and O–H groups in total. The molecule has 36 heavy (non-hydrogen) atoms. The molecule has 0 radical (unpaired) electrons. The summed E-state index contributed by atoms with van der Waals surface area (Å²) >= 11 is 7.23. The van der Waals surface area contributed by atoms with Crippen molar-refractivity contribution in [2.24, 2.45) is 23.7 Å². The number of amides is 3. The third kappa shape index (κ3) is 3.63. The first kappa shape index (κ1) is 24.5. The average molecular weight is 622 g/mol. The van der Waals surface area contributed by atoms with Crippen LogP contribution in [0.4, 0.5) is 11.4 Å². The van der Waals surface area contributed by atoms with Gasteiger partial charge in [0.25, 0.3) is 29.1 Å². The fraction of sp³-hybridized carbons (Fsp3) is 0.348. The van der Waals surface area contributed by atoms with Gasteiger partial charge in [0.05, 0.1) is 33.8 Å². The number of halogens is 2. The van der Waals surface area contributed by atoms with Crippen molar-refractivity contribution in [3.05, 3.63) is 79.9 Å². The molecule has 11 nitrogen and oxygen atoms in total. The highest BCUT2D eigenvalue weighted by molar-refractivity contribution is 9.12. The SMILES string of the molecule is O=C(c1ccccc1[N+](=O)[O-])N(Cc1ccccc1[N+](=O)[O-])N1C(=O)[C@@H]2[C@H]3C[C@@H]([C@H](Br)[C@H]3Br)[C@@H]2C1=O. The number of imide groups is 1. The van der Waals surface area contributed by atoms with Gasteiger partial charge in [-0.3, -0.25) is 34.6 Å². The van der Waals surface area contributed by atoms with E-state index in [0.717, 1.165) is 16.1 Å². The van der Waals surface area contributed by atoms with Crippen molar-refractivity contribution in [1.29, 1.82) is 0 Å². The van der Waals surface area contributed by atoms with Crippen LogP contribution in [0.1, 0.15) is 22.3 Å². The van der Waals surface area contributed by atoms with E-state index in [9.17, 15) is 34.6 Å². The van der Waals surface area contributed by atoms with E-state index in [1.807, 2.05) is 0 Å². The summed E-state index contributed by atoms with van der Waals surface area (Å²) in [7, 11) is 0. The highest BCUT2D eigenvalue weighted by Gasteiger charge is 2.67. The first-order valence-corrected chi connectivity index (χ1v) is 12.9. The Morgan fingerprint density at radius 2 is 1.39 bits per heavy atom. The molecule has 6 atom stereocenters. The van der Waals surface area contributed by atoms with E-state index < -0.39 is 51.6 Å². The topological polar surface area (TPSA) is 144 Å². The second-order valence-electron chi connectivity index (χ2n) is 9.01. The molecule has 2 saturated carbocycles. The summed E-state index contributed by atoms with van der Waals surface area (Å²) < 4.78 is 0. The van der Waals surface area contributed by atoms with E-state index in [1.165, 1.54) is 42.5 Å². The summed E-state index contributed by atoms with van der Waals surface area (Å²) in [6.45, 7) is -0.496. The number of hydrogen-bond acceptors (Lipinski definition) is 7. The predicted octanol–water partition coefficient (Wildman–Crippen LogP) is 3.84. The molecule has 5 rings (SSSR count). The molecule has 2 aromatic rings. The van der Waals surface area contributed by atoms with Crippen LogP contribution < -0.4 is 0 Å². The van der Waals surface area contributed by atoms with Crippen LogP contribution in [0.25, 0.3) is 0 Å². The van der Waals surface area contributed by atoms with Crippen LogP contribution >= 0.6 is 31.9 Å². The summed E-state index contributed by atoms with van der Waals surface area (Å²) in [4.78, 5) is 62.9. The molecule has 0 aromatic heterocycles. The Kier molecular flexibility index (Phi) is 6.15. The number of benzene rings is 2. The van der Waals surface area contributed by atoms with E-state index in [0.29, 0.717) is 6.42 Å². The van der Waals surface area contributed by atoms with Gasteiger partial charge in [-0.2, -0.15) is 5.01 Å². The molecule has 1 saturated heterocycles. The van der Waals surface area contributed by atoms with Crippen LogP contribution in [0.5, 0.6) is 0 Å². The molecule has 13 heteroatoms. The Bertz CT molecular complexity index is 1290. The van der Waals surface area contributed by atoms with Gasteiger partial charge in [0, 0.05) is 21.8 Å². The van der Waals surface area contributed by atoms with Gasteiger partial charge in [-0.15, -0.1) is 0 Å². The van der Waals surface area contributed by atoms with Crippen molar-refractivity contribution in [3.63, 3.8) is 0 Å². The Labute approximate surface area is 221 Å². The van der Waals surface area contributed by atoms with E-state index in [-0.39, 0.29) is 38.3 Å². The maximum Gasteiger partial charge on any atom is 0.282 e. The summed E-state index contributed by atoms with van der Waals surface area (Å²) in [5, 5.41) is 24.8. The monoisotopic (exact) mass is 620 g/mol. The van der Waals surface area contributed by atoms with Crippen LogP contribution in [0, 0.1) is 43.9 Å². The van der Waals surface area contributed by atoms with Crippen molar-refractivity contribution in [2.75, 3.05) is 0 Å². The zero-order valence-electron chi connectivity index (χ0n) is 18.4. The van der Waals surface area contributed by atoms with Crippen LogP contribution in [0.3, 0.4) is 0 Å². The molecule has 0 spiro atoms. The molecule has 2 aliphatic carbocycles. The molecule has 2 bridgehead atoms. The summed E-state index contributed by atoms with van der Waals surface area (Å²) in [5.74, 6) is -3.67. The normalized spacial score (nSPS) is 28.3. The van der Waals surface area contributed by atoms with Crippen molar-refractivity contribution in [3.8, 4) is 0 Å². The van der Waals surface area contributed by atoms with Gasteiger partial charge < -0.3 is 0 Å². The maximum atomic E-state index is 13.7. The molecule has 3 aliphatic rings. The minimum absolute atomic E-state index is 0.0324. The molecular formula is C23H18Br2N4O7. The van der Waals surface area contributed by atoms with Gasteiger partial charge in [0.1, 0.15) is 5.56 Å². The highest BCUT2D eigenvalue weighted by Crippen LogP contribution is 2.60. The Hall–Kier alpha value is -3.19. The Morgan fingerprint density at radius 3 is 1.94 bits per heavy atom. The van der Waals surface area contributed by atoms with Gasteiger partial charge in [-0.1, -0.05) is 62.2 Å². The molecule has 3 amide bonds. The largest absolute Gasteiger partial charge is 0.282 e. The number of para-hydroxylation sites is 2. The molecule has 3 fully saturated rings. The van der Waals surface area contributed by atoms with Crippen LogP contribution in [-0.4, -0.2) is 47.2 Å². The molecule has 1 heterocycles. The number of rotatable bonds is 6. The lowest BCUT2D eigenvalue weighted by Crippen LogP contribution is -2.50. The third-order valence-electron chi connectivity index (χ3n) is 7.28. The lowest BCUT2D eigenvalue weighted by molar-refractivity contribution is -0.385. The fourth-order valence-corrected chi connectivity index (χ4v) is 7.61. The first-order valence-electron chi connectivity index (χ1n) is 11.1. The zero-order valence-corrected chi connectivity index (χ0v) is 21.6. The minimum atomic E-state index is -0.972. The fourth-order valence-electron chi connectivity index (χ4n) is 5.74. The molecule has 2 aromatic carbocycles. The summed E-state index contributed by atoms with van der Waals surface area (Å²) in [6, 6.07) is 10.8. The molecule has 186 valence electrons. The van der Waals surface area contributed by atoms with E-state index in [1.54, 1.807) is 0 Å². The number of carbonyl (C=O) groups is 3. The quantitative estimate of drug-likeness (QED) is 0.206. The summed E-state index contributed by atoms with van der Waals surface area (Å²) in [6.07, 6.45) is 0.675. The third-order valence-corrected chi connectivity index (χ3v) is 10.5. The van der Waals surface area contributed by atoms with Crippen LogP contribution in [0.2, 0.25) is 0 Å². The van der Waals surface area contributed by atoms with Crippen molar-refractivity contribution in [1.82, 2.24) is 10.0 Å². The van der Waals surface area contributed by atoms with Crippen LogP contribution in [-0.2, 0) is 16.1 Å². The lowest BCUT2D eigenvalue weighted by Gasteiger charge is -2.31.